The quantitative estimate of drug-likeness (QED) is 0.841. The average molecular weight is 349 g/mol. The molecule has 5 heteroatoms. The minimum absolute atomic E-state index is 0.0616. The second-order valence-corrected chi connectivity index (χ2v) is 6.59. The number of nitrogens with zero attached hydrogens (tertiary/aromatic N) is 1. The Hall–Kier alpha value is -3.13. The lowest BCUT2D eigenvalue weighted by Crippen LogP contribution is -2.34. The molecule has 0 radical (unpaired) electrons. The average Bonchev–Trinajstić information content (AvgIpc) is 2.61. The summed E-state index contributed by atoms with van der Waals surface area (Å²) in [5.74, 6) is -0.261. The predicted molar refractivity (Wildman–Crippen MR) is 101 cm³/mol. The third kappa shape index (κ3) is 5.45. The molecule has 0 aliphatic rings. The summed E-state index contributed by atoms with van der Waals surface area (Å²) in [5, 5.41) is 14.6. The molecule has 2 aromatic rings. The lowest BCUT2D eigenvalue weighted by molar-refractivity contribution is 0.0933. The van der Waals surface area contributed by atoms with Gasteiger partial charge in [0, 0.05) is 23.2 Å². The van der Waals surface area contributed by atoms with Crippen LogP contribution in [0.15, 0.2) is 48.5 Å². The van der Waals surface area contributed by atoms with Gasteiger partial charge in [-0.05, 0) is 69.2 Å². The summed E-state index contributed by atoms with van der Waals surface area (Å²) in [4.78, 5) is 24.2. The van der Waals surface area contributed by atoms with E-state index < -0.39 is 0 Å². The van der Waals surface area contributed by atoms with Crippen LogP contribution in [-0.4, -0.2) is 23.9 Å². The van der Waals surface area contributed by atoms with E-state index in [0.29, 0.717) is 23.1 Å². The second-order valence-electron chi connectivity index (χ2n) is 6.59. The van der Waals surface area contributed by atoms with Gasteiger partial charge in [-0.2, -0.15) is 5.26 Å². The van der Waals surface area contributed by atoms with E-state index in [0.717, 1.165) is 5.56 Å². The van der Waals surface area contributed by atoms with Gasteiger partial charge in [-0.15, -0.1) is 0 Å². The first-order chi connectivity index (χ1) is 12.4. The van der Waals surface area contributed by atoms with Crippen LogP contribution < -0.4 is 10.6 Å². The molecule has 5 nitrogen and oxygen atoms in total. The van der Waals surface area contributed by atoms with E-state index >= 15 is 0 Å². The lowest BCUT2D eigenvalue weighted by Gasteiger charge is -2.14. The first kappa shape index (κ1) is 19.2. The van der Waals surface area contributed by atoms with Crippen LogP contribution in [0.25, 0.3) is 0 Å². The Morgan fingerprint density at radius 1 is 0.885 bits per heavy atom. The molecule has 134 valence electrons. The van der Waals surface area contributed by atoms with E-state index in [9.17, 15) is 9.59 Å². The highest BCUT2D eigenvalue weighted by molar-refractivity contribution is 5.95. The lowest BCUT2D eigenvalue weighted by atomic mass is 10.0. The molecule has 0 aliphatic heterocycles. The number of hydrogen-bond acceptors (Lipinski definition) is 3. The van der Waals surface area contributed by atoms with Crippen LogP contribution >= 0.6 is 0 Å². The summed E-state index contributed by atoms with van der Waals surface area (Å²) in [7, 11) is 0. The predicted octanol–water partition coefficient (Wildman–Crippen LogP) is 3.06. The Morgan fingerprint density at radius 2 is 1.38 bits per heavy atom. The zero-order valence-corrected chi connectivity index (χ0v) is 15.2. The molecule has 2 N–H and O–H groups in total. The van der Waals surface area contributed by atoms with Crippen LogP contribution in [-0.2, 0) is 6.42 Å². The smallest absolute Gasteiger partial charge is 0.251 e. The second kappa shape index (κ2) is 8.82. The van der Waals surface area contributed by atoms with E-state index in [1.807, 2.05) is 39.0 Å². The zero-order valence-electron chi connectivity index (χ0n) is 15.2. The SMILES string of the molecule is CC(C)NC(=O)c1ccc(CC(C)NC(=O)c2ccc(C#N)cc2)cc1. The molecular formula is C21H23N3O2. The van der Waals surface area contributed by atoms with Crippen molar-refractivity contribution >= 4 is 11.8 Å². The van der Waals surface area contributed by atoms with E-state index in [2.05, 4.69) is 10.6 Å². The molecule has 2 amide bonds. The standard InChI is InChI=1S/C21H23N3O2/c1-14(2)23-20(25)18-8-4-16(5-9-18)12-15(3)24-21(26)19-10-6-17(13-22)7-11-19/h4-11,14-15H,12H2,1-3H3,(H,23,25)(H,24,26). The minimum atomic E-state index is -0.171. The zero-order chi connectivity index (χ0) is 19.1. The third-order valence-corrected chi connectivity index (χ3v) is 3.83. The van der Waals surface area contributed by atoms with Crippen LogP contribution in [0.1, 0.15) is 52.6 Å². The molecule has 0 fully saturated rings. The molecule has 0 aliphatic carbocycles. The fraction of sp³-hybridized carbons (Fsp3) is 0.286. The maximum Gasteiger partial charge on any atom is 0.251 e. The molecule has 2 aromatic carbocycles. The molecular weight excluding hydrogens is 326 g/mol. The van der Waals surface area contributed by atoms with Gasteiger partial charge in [0.25, 0.3) is 11.8 Å². The third-order valence-electron chi connectivity index (χ3n) is 3.83. The monoisotopic (exact) mass is 349 g/mol. The van der Waals surface area contributed by atoms with E-state index in [4.69, 9.17) is 5.26 Å². The summed E-state index contributed by atoms with van der Waals surface area (Å²) in [6.07, 6.45) is 0.661. The van der Waals surface area contributed by atoms with Crippen molar-refractivity contribution < 1.29 is 9.59 Å². The maximum atomic E-state index is 12.2. The number of carbonyl (C=O) groups excluding carboxylic acids is 2. The fourth-order valence-corrected chi connectivity index (χ4v) is 2.55. The molecule has 0 saturated carbocycles. The van der Waals surface area contributed by atoms with E-state index in [1.54, 1.807) is 36.4 Å². The number of carbonyl (C=O) groups is 2. The Bertz CT molecular complexity index is 803. The van der Waals surface area contributed by atoms with Gasteiger partial charge in [0.05, 0.1) is 11.6 Å². The van der Waals surface area contributed by atoms with Gasteiger partial charge >= 0.3 is 0 Å². The van der Waals surface area contributed by atoms with Crippen molar-refractivity contribution in [3.63, 3.8) is 0 Å². The van der Waals surface area contributed by atoms with Crippen molar-refractivity contribution in [3.8, 4) is 6.07 Å². The Balaban J connectivity index is 1.92. The number of rotatable bonds is 6. The van der Waals surface area contributed by atoms with Gasteiger partial charge in [0.1, 0.15) is 0 Å². The molecule has 2 rings (SSSR count). The van der Waals surface area contributed by atoms with Crippen LogP contribution in [0.2, 0.25) is 0 Å². The fourth-order valence-electron chi connectivity index (χ4n) is 2.55. The highest BCUT2D eigenvalue weighted by atomic mass is 16.2. The van der Waals surface area contributed by atoms with Gasteiger partial charge in [-0.25, -0.2) is 0 Å². The Labute approximate surface area is 154 Å². The van der Waals surface area contributed by atoms with Crippen molar-refractivity contribution in [2.24, 2.45) is 0 Å². The van der Waals surface area contributed by atoms with Crippen LogP contribution in [0.3, 0.4) is 0 Å². The number of hydrogen-bond donors (Lipinski definition) is 2. The summed E-state index contributed by atoms with van der Waals surface area (Å²) >= 11 is 0. The summed E-state index contributed by atoms with van der Waals surface area (Å²) < 4.78 is 0. The van der Waals surface area contributed by atoms with Gasteiger partial charge in [-0.3, -0.25) is 9.59 Å². The molecule has 26 heavy (non-hydrogen) atoms. The number of nitriles is 1. The molecule has 0 bridgehead atoms. The first-order valence-electron chi connectivity index (χ1n) is 8.60. The van der Waals surface area contributed by atoms with Gasteiger partial charge in [0.2, 0.25) is 0 Å². The summed E-state index contributed by atoms with van der Waals surface area (Å²) in [5.41, 5.74) is 2.71. The summed E-state index contributed by atoms with van der Waals surface area (Å²) in [6.45, 7) is 5.77. The minimum Gasteiger partial charge on any atom is -0.350 e. The Kier molecular flexibility index (Phi) is 6.51. The highest BCUT2D eigenvalue weighted by Gasteiger charge is 2.11. The maximum absolute atomic E-state index is 12.2. The van der Waals surface area contributed by atoms with E-state index in [-0.39, 0.29) is 23.9 Å². The van der Waals surface area contributed by atoms with Crippen molar-refractivity contribution in [1.82, 2.24) is 10.6 Å². The van der Waals surface area contributed by atoms with Crippen LogP contribution in [0.5, 0.6) is 0 Å². The van der Waals surface area contributed by atoms with Crippen LogP contribution in [0.4, 0.5) is 0 Å². The topological polar surface area (TPSA) is 82.0 Å². The van der Waals surface area contributed by atoms with Crippen molar-refractivity contribution in [2.45, 2.75) is 39.3 Å². The first-order valence-corrected chi connectivity index (χ1v) is 8.60. The molecule has 0 saturated heterocycles. The summed E-state index contributed by atoms with van der Waals surface area (Å²) in [6, 6.07) is 16.0. The van der Waals surface area contributed by atoms with Crippen LogP contribution in [0, 0.1) is 11.3 Å². The van der Waals surface area contributed by atoms with Crippen molar-refractivity contribution in [2.75, 3.05) is 0 Å². The number of nitrogens with one attached hydrogen (secondary N) is 2. The molecule has 1 unspecified atom stereocenters. The molecule has 1 atom stereocenters. The molecule has 0 aromatic heterocycles. The van der Waals surface area contributed by atoms with Gasteiger partial charge in [0.15, 0.2) is 0 Å². The highest BCUT2D eigenvalue weighted by Crippen LogP contribution is 2.09. The normalized spacial score (nSPS) is 11.5. The van der Waals surface area contributed by atoms with E-state index in [1.165, 1.54) is 0 Å². The van der Waals surface area contributed by atoms with Crippen molar-refractivity contribution in [1.29, 1.82) is 5.26 Å². The van der Waals surface area contributed by atoms with Gasteiger partial charge < -0.3 is 10.6 Å². The molecule has 0 heterocycles. The number of benzene rings is 2. The molecule has 0 spiro atoms. The van der Waals surface area contributed by atoms with Crippen molar-refractivity contribution in [3.05, 3.63) is 70.8 Å². The Morgan fingerprint density at radius 3 is 1.88 bits per heavy atom. The number of amides is 2. The largest absolute Gasteiger partial charge is 0.350 e. The van der Waals surface area contributed by atoms with Gasteiger partial charge in [-0.1, -0.05) is 12.1 Å².